The molecular weight excluding hydrogens is 1090 g/mol. The number of rotatable bonds is 38. The topological polar surface area (TPSA) is 249 Å². The molecule has 2 aliphatic rings. The molecule has 85 heavy (non-hydrogen) atoms. The van der Waals surface area contributed by atoms with Crippen LogP contribution in [0.2, 0.25) is 0 Å². The minimum absolute atomic E-state index is 0.000247. The number of nitriles is 2. The number of unbranched alkanes of at least 4 members (excludes halogenated alkanes) is 12. The van der Waals surface area contributed by atoms with Crippen LogP contribution in [0.3, 0.4) is 0 Å². The maximum absolute atomic E-state index is 12.8. The standard InChI is InChI=1S/C34H38N2O9.C33H42O7/c1-34(23-44-34)33(39)42-19-7-4-2-3-6-10-24-11-13-25(14-12-24)31(37)45-29-16-15-28(26(20-35)27(29)21-36)40-17-8-5-9-18-41-32(38)30-22-43-30;1-25(2)31(34)38-23-10-7-5-6-9-13-27-14-16-28(17-15-27)33(36)40-30-20-18-29(19-21-30)37-22-11-8-12-24-39-32(35)26(3)4/h11-16,30H,2-10,17-19,22-23H2,1H3;14-21H,1,3,5-13,22-24H2,2,4H3. The van der Waals surface area contributed by atoms with Gasteiger partial charge in [-0.05, 0) is 170 Å². The summed E-state index contributed by atoms with van der Waals surface area (Å²) in [6.07, 6.45) is 16.0. The van der Waals surface area contributed by atoms with E-state index in [1.165, 1.54) is 17.7 Å². The molecule has 2 heterocycles. The predicted molar refractivity (Wildman–Crippen MR) is 315 cm³/mol. The molecular formula is C67H80N2O16. The third-order valence-corrected chi connectivity index (χ3v) is 13.5. The molecule has 2 aliphatic heterocycles. The summed E-state index contributed by atoms with van der Waals surface area (Å²) < 4.78 is 52.9. The highest BCUT2D eigenvalue weighted by molar-refractivity contribution is 5.92. The van der Waals surface area contributed by atoms with Crippen molar-refractivity contribution in [2.45, 2.75) is 148 Å². The van der Waals surface area contributed by atoms with Crippen LogP contribution in [0.4, 0.5) is 0 Å². The smallest absolute Gasteiger partial charge is 0.343 e. The van der Waals surface area contributed by atoms with E-state index in [9.17, 15) is 39.3 Å². The molecule has 2 saturated heterocycles. The molecule has 0 saturated carbocycles. The normalized spacial score (nSPS) is 14.3. The zero-order chi connectivity index (χ0) is 61.2. The lowest BCUT2D eigenvalue weighted by molar-refractivity contribution is -0.149. The summed E-state index contributed by atoms with van der Waals surface area (Å²) in [7, 11) is 0. The van der Waals surface area contributed by atoms with Crippen LogP contribution in [0.15, 0.2) is 109 Å². The number of esters is 6. The third kappa shape index (κ3) is 25.6. The largest absolute Gasteiger partial charge is 0.494 e. The van der Waals surface area contributed by atoms with Gasteiger partial charge in [-0.3, -0.25) is 0 Å². The van der Waals surface area contributed by atoms with Crippen LogP contribution in [0.5, 0.6) is 23.0 Å². The number of ether oxygens (including phenoxy) is 10. The first-order valence-corrected chi connectivity index (χ1v) is 29.3. The van der Waals surface area contributed by atoms with Gasteiger partial charge in [0.15, 0.2) is 17.5 Å². The van der Waals surface area contributed by atoms with Crippen LogP contribution in [0, 0.1) is 22.7 Å². The first kappa shape index (κ1) is 67.5. The Morgan fingerprint density at radius 1 is 0.506 bits per heavy atom. The fourth-order valence-corrected chi connectivity index (χ4v) is 8.16. The second kappa shape index (κ2) is 37.1. The van der Waals surface area contributed by atoms with E-state index in [0.29, 0.717) is 99.5 Å². The van der Waals surface area contributed by atoms with Crippen LogP contribution in [0.1, 0.15) is 166 Å². The van der Waals surface area contributed by atoms with Gasteiger partial charge in [0.25, 0.3) is 0 Å². The van der Waals surface area contributed by atoms with Crippen molar-refractivity contribution in [3.8, 4) is 35.1 Å². The highest BCUT2D eigenvalue weighted by Crippen LogP contribution is 2.31. The lowest BCUT2D eigenvalue weighted by Crippen LogP contribution is -2.23. The molecule has 0 amide bonds. The summed E-state index contributed by atoms with van der Waals surface area (Å²) in [5, 5.41) is 19.4. The third-order valence-electron chi connectivity index (χ3n) is 13.5. The van der Waals surface area contributed by atoms with Crippen LogP contribution in [-0.2, 0) is 60.4 Å². The van der Waals surface area contributed by atoms with Crippen LogP contribution in [-0.4, -0.2) is 100 Å². The Morgan fingerprint density at radius 3 is 1.39 bits per heavy atom. The van der Waals surface area contributed by atoms with Crippen molar-refractivity contribution >= 4 is 35.8 Å². The molecule has 18 nitrogen and oxygen atoms in total. The van der Waals surface area contributed by atoms with Gasteiger partial charge in [0, 0.05) is 11.1 Å². The number of benzene rings is 4. The lowest BCUT2D eigenvalue weighted by atomic mass is 10.0. The number of carbonyl (C=O) groups excluding carboxylic acids is 6. The van der Waals surface area contributed by atoms with Crippen molar-refractivity contribution in [2.24, 2.45) is 0 Å². The Morgan fingerprint density at radius 2 is 0.906 bits per heavy atom. The van der Waals surface area contributed by atoms with Crippen LogP contribution >= 0.6 is 0 Å². The van der Waals surface area contributed by atoms with Crippen molar-refractivity contribution in [2.75, 3.05) is 52.9 Å². The highest BCUT2D eigenvalue weighted by atomic mass is 16.6. The van der Waals surface area contributed by atoms with Gasteiger partial charge in [-0.15, -0.1) is 0 Å². The summed E-state index contributed by atoms with van der Waals surface area (Å²) in [6, 6.07) is 28.5. The number of nitrogens with zero attached hydrogens (tertiary/aromatic N) is 2. The molecule has 4 aromatic rings. The highest BCUT2D eigenvalue weighted by Gasteiger charge is 2.49. The molecule has 6 rings (SSSR count). The monoisotopic (exact) mass is 1170 g/mol. The Labute approximate surface area is 499 Å². The zero-order valence-corrected chi connectivity index (χ0v) is 49.4. The molecule has 0 N–H and O–H groups in total. The minimum Gasteiger partial charge on any atom is -0.494 e. The number of aryl methyl sites for hydroxylation is 2. The molecule has 0 bridgehead atoms. The Balaban J connectivity index is 0.000000313. The predicted octanol–water partition coefficient (Wildman–Crippen LogP) is 12.2. The number of hydrogen-bond acceptors (Lipinski definition) is 18. The summed E-state index contributed by atoms with van der Waals surface area (Å²) in [6.45, 7) is 15.4. The summed E-state index contributed by atoms with van der Waals surface area (Å²) in [5.74, 6) is -0.956. The van der Waals surface area contributed by atoms with Gasteiger partial charge in [0.1, 0.15) is 40.5 Å². The van der Waals surface area contributed by atoms with E-state index in [-0.39, 0.29) is 46.5 Å². The van der Waals surface area contributed by atoms with E-state index in [2.05, 4.69) is 13.2 Å². The fraction of sp³-hybridized carbons (Fsp3) is 0.463. The maximum Gasteiger partial charge on any atom is 0.343 e. The van der Waals surface area contributed by atoms with Gasteiger partial charge in [-0.2, -0.15) is 10.5 Å². The van der Waals surface area contributed by atoms with Gasteiger partial charge in [-0.1, -0.05) is 75.9 Å². The molecule has 2 fully saturated rings. The SMILES string of the molecule is C=C(C)C(=O)OCCCCCCCc1ccc(C(=O)Oc2ccc(OCCCCCOC(=O)C(=C)C)cc2)cc1.CC1(C(=O)OCCCCCCCc2ccc(C(=O)Oc3ccc(OCCCCCOC(=O)C4CO4)c(C#N)c3C#N)cc2)CO1. The van der Waals surface area contributed by atoms with Gasteiger partial charge in [0.05, 0.1) is 64.0 Å². The molecule has 0 radical (unpaired) electrons. The lowest BCUT2D eigenvalue weighted by Gasteiger charge is -2.12. The summed E-state index contributed by atoms with van der Waals surface area (Å²) in [5.41, 5.74) is 3.16. The average molecular weight is 1170 g/mol. The summed E-state index contributed by atoms with van der Waals surface area (Å²) in [4.78, 5) is 71.1. The van der Waals surface area contributed by atoms with E-state index < -0.39 is 23.6 Å². The van der Waals surface area contributed by atoms with Crippen molar-refractivity contribution in [1.82, 2.24) is 0 Å². The van der Waals surface area contributed by atoms with Crippen LogP contribution < -0.4 is 18.9 Å². The number of epoxide rings is 2. The van der Waals surface area contributed by atoms with Crippen molar-refractivity contribution in [1.29, 1.82) is 10.5 Å². The van der Waals surface area contributed by atoms with Crippen molar-refractivity contribution < 1.29 is 76.1 Å². The molecule has 2 atom stereocenters. The fourth-order valence-electron chi connectivity index (χ4n) is 8.16. The van der Waals surface area contributed by atoms with Crippen molar-refractivity contribution in [3.05, 3.63) is 143 Å². The first-order chi connectivity index (χ1) is 41.1. The zero-order valence-electron chi connectivity index (χ0n) is 49.4. The van der Waals surface area contributed by atoms with E-state index in [0.717, 1.165) is 108 Å². The van der Waals surface area contributed by atoms with Gasteiger partial charge >= 0.3 is 35.8 Å². The Kier molecular flexibility index (Phi) is 29.4. The molecule has 454 valence electrons. The van der Waals surface area contributed by atoms with E-state index in [1.54, 1.807) is 69.3 Å². The molecule has 0 aliphatic carbocycles. The van der Waals surface area contributed by atoms with Crippen LogP contribution in [0.25, 0.3) is 0 Å². The second-order valence-electron chi connectivity index (χ2n) is 21.0. The van der Waals surface area contributed by atoms with Gasteiger partial charge < -0.3 is 47.4 Å². The molecule has 18 heteroatoms. The Bertz CT molecular complexity index is 2910. The summed E-state index contributed by atoms with van der Waals surface area (Å²) >= 11 is 0. The number of hydrogen-bond donors (Lipinski definition) is 0. The maximum atomic E-state index is 12.8. The average Bonchev–Trinajstić information content (AvgIpc) is 4.61. The van der Waals surface area contributed by atoms with Gasteiger partial charge in [0.2, 0.25) is 0 Å². The van der Waals surface area contributed by atoms with Gasteiger partial charge in [-0.25, -0.2) is 28.8 Å². The molecule has 0 aromatic heterocycles. The van der Waals surface area contributed by atoms with E-state index in [4.69, 9.17) is 47.4 Å². The quantitative estimate of drug-likeness (QED) is 0.0101. The first-order valence-electron chi connectivity index (χ1n) is 29.3. The minimum atomic E-state index is -0.720. The molecule has 0 spiro atoms. The van der Waals surface area contributed by atoms with Crippen molar-refractivity contribution in [3.63, 3.8) is 0 Å². The second-order valence-corrected chi connectivity index (χ2v) is 21.0. The van der Waals surface area contributed by atoms with E-state index >= 15 is 0 Å². The Hall–Kier alpha value is -8.32. The molecule has 2 unspecified atom stereocenters. The van der Waals surface area contributed by atoms with E-state index in [1.807, 2.05) is 36.4 Å². The molecule has 4 aromatic carbocycles. The number of carbonyl (C=O) groups is 6.